The Hall–Kier alpha value is -1.95. The summed E-state index contributed by atoms with van der Waals surface area (Å²) < 4.78 is 7.54. The van der Waals surface area contributed by atoms with Crippen LogP contribution in [0.25, 0.3) is 10.9 Å². The summed E-state index contributed by atoms with van der Waals surface area (Å²) >= 11 is 0. The van der Waals surface area contributed by atoms with E-state index >= 15 is 0 Å². The fraction of sp³-hybridized carbons (Fsp3) is 0.400. The van der Waals surface area contributed by atoms with Gasteiger partial charge in [0.2, 0.25) is 0 Å². The number of benzene rings is 1. The van der Waals surface area contributed by atoms with Crippen LogP contribution in [0.2, 0.25) is 0 Å². The Kier molecular flexibility index (Phi) is 3.29. The van der Waals surface area contributed by atoms with Gasteiger partial charge in [-0.3, -0.25) is 0 Å². The van der Waals surface area contributed by atoms with Crippen molar-refractivity contribution in [2.75, 3.05) is 7.11 Å². The van der Waals surface area contributed by atoms with Gasteiger partial charge in [0.25, 0.3) is 0 Å². The lowest BCUT2D eigenvalue weighted by molar-refractivity contribution is 0.415. The number of hydrogen-bond donors (Lipinski definition) is 0. The fourth-order valence-electron chi connectivity index (χ4n) is 2.60. The summed E-state index contributed by atoms with van der Waals surface area (Å²) in [4.78, 5) is 0. The van der Waals surface area contributed by atoms with Gasteiger partial charge in [-0.05, 0) is 43.5 Å². The summed E-state index contributed by atoms with van der Waals surface area (Å²) in [5, 5.41) is 9.98. The molecule has 0 unspecified atom stereocenters. The Morgan fingerprint density at radius 1 is 1.33 bits per heavy atom. The van der Waals surface area contributed by atoms with E-state index in [1.54, 1.807) is 7.11 Å². The molecule has 1 heterocycles. The van der Waals surface area contributed by atoms with Crippen molar-refractivity contribution in [2.45, 2.75) is 26.7 Å². The van der Waals surface area contributed by atoms with Crippen molar-refractivity contribution in [1.82, 2.24) is 4.57 Å². The van der Waals surface area contributed by atoms with Gasteiger partial charge >= 0.3 is 0 Å². The van der Waals surface area contributed by atoms with E-state index in [1.807, 2.05) is 0 Å². The molecule has 0 fully saturated rings. The summed E-state index contributed by atoms with van der Waals surface area (Å²) in [6.07, 6.45) is 1.35. The highest BCUT2D eigenvalue weighted by Gasteiger charge is 2.14. The van der Waals surface area contributed by atoms with Gasteiger partial charge in [0.05, 0.1) is 18.7 Å². The van der Waals surface area contributed by atoms with Crippen LogP contribution < -0.4 is 4.74 Å². The fourth-order valence-corrected chi connectivity index (χ4v) is 2.60. The van der Waals surface area contributed by atoms with Crippen LogP contribution in [0, 0.1) is 25.2 Å². The molecule has 0 N–H and O–H groups in total. The Morgan fingerprint density at radius 3 is 2.67 bits per heavy atom. The van der Waals surface area contributed by atoms with Crippen molar-refractivity contribution >= 4 is 10.9 Å². The SMILES string of the molecule is COc1cc(C)c2c(c1)c(CCC#N)c(C)n2C. The molecular weight excluding hydrogens is 224 g/mol. The number of rotatable bonds is 3. The highest BCUT2D eigenvalue weighted by molar-refractivity contribution is 5.89. The van der Waals surface area contributed by atoms with E-state index in [2.05, 4.69) is 43.7 Å². The topological polar surface area (TPSA) is 37.9 Å². The highest BCUT2D eigenvalue weighted by Crippen LogP contribution is 2.32. The molecule has 2 aromatic rings. The molecule has 1 aromatic carbocycles. The minimum Gasteiger partial charge on any atom is -0.497 e. The standard InChI is InChI=1S/C15H18N2O/c1-10-8-12(18-4)9-14-13(6-5-7-16)11(2)17(3)15(10)14/h8-9H,5-6H2,1-4H3. The van der Waals surface area contributed by atoms with Crippen molar-refractivity contribution in [3.63, 3.8) is 0 Å². The lowest BCUT2D eigenvalue weighted by Gasteiger charge is -2.05. The molecule has 0 saturated carbocycles. The van der Waals surface area contributed by atoms with Crippen LogP contribution in [-0.4, -0.2) is 11.7 Å². The van der Waals surface area contributed by atoms with Crippen molar-refractivity contribution in [3.05, 3.63) is 29.0 Å². The highest BCUT2D eigenvalue weighted by atomic mass is 16.5. The molecule has 0 atom stereocenters. The molecule has 0 amide bonds. The maximum Gasteiger partial charge on any atom is 0.119 e. The molecule has 3 heteroatoms. The third kappa shape index (κ3) is 1.84. The maximum absolute atomic E-state index is 8.77. The first-order chi connectivity index (χ1) is 8.60. The average molecular weight is 242 g/mol. The Morgan fingerprint density at radius 2 is 2.06 bits per heavy atom. The second-order valence-corrected chi connectivity index (χ2v) is 4.62. The Balaban J connectivity index is 2.73. The van der Waals surface area contributed by atoms with E-state index in [-0.39, 0.29) is 0 Å². The van der Waals surface area contributed by atoms with Crippen LogP contribution in [-0.2, 0) is 13.5 Å². The zero-order valence-corrected chi connectivity index (χ0v) is 11.4. The number of aromatic nitrogens is 1. The van der Waals surface area contributed by atoms with Crippen LogP contribution in [0.5, 0.6) is 5.75 Å². The summed E-state index contributed by atoms with van der Waals surface area (Å²) in [5.41, 5.74) is 4.94. The molecule has 3 nitrogen and oxygen atoms in total. The quantitative estimate of drug-likeness (QED) is 0.828. The minimum atomic E-state index is 0.552. The molecular formula is C15H18N2O. The first-order valence-electron chi connectivity index (χ1n) is 6.09. The zero-order valence-electron chi connectivity index (χ0n) is 11.4. The Bertz CT molecular complexity index is 632. The minimum absolute atomic E-state index is 0.552. The van der Waals surface area contributed by atoms with Gasteiger partial charge in [-0.15, -0.1) is 0 Å². The largest absolute Gasteiger partial charge is 0.497 e. The van der Waals surface area contributed by atoms with E-state index in [0.29, 0.717) is 6.42 Å². The van der Waals surface area contributed by atoms with Crippen LogP contribution in [0.3, 0.4) is 0 Å². The lowest BCUT2D eigenvalue weighted by atomic mass is 10.0. The van der Waals surface area contributed by atoms with E-state index in [9.17, 15) is 0 Å². The predicted octanol–water partition coefficient (Wildman–Crippen LogP) is 3.26. The van der Waals surface area contributed by atoms with Crippen LogP contribution in [0.1, 0.15) is 23.2 Å². The molecule has 0 aliphatic rings. The van der Waals surface area contributed by atoms with E-state index in [1.165, 1.54) is 27.7 Å². The van der Waals surface area contributed by atoms with Gasteiger partial charge in [-0.25, -0.2) is 0 Å². The number of nitrogens with zero attached hydrogens (tertiary/aromatic N) is 2. The molecule has 18 heavy (non-hydrogen) atoms. The smallest absolute Gasteiger partial charge is 0.119 e. The summed E-state index contributed by atoms with van der Waals surface area (Å²) in [6.45, 7) is 4.21. The van der Waals surface area contributed by atoms with Gasteiger partial charge in [-0.2, -0.15) is 5.26 Å². The van der Waals surface area contributed by atoms with Crippen molar-refractivity contribution < 1.29 is 4.74 Å². The molecule has 0 bridgehead atoms. The van der Waals surface area contributed by atoms with Gasteiger partial charge in [0, 0.05) is 24.5 Å². The van der Waals surface area contributed by atoms with Crippen molar-refractivity contribution in [3.8, 4) is 11.8 Å². The summed E-state index contributed by atoms with van der Waals surface area (Å²) in [6, 6.07) is 6.34. The number of aryl methyl sites for hydroxylation is 3. The first-order valence-corrected chi connectivity index (χ1v) is 6.09. The summed E-state index contributed by atoms with van der Waals surface area (Å²) in [5.74, 6) is 0.879. The van der Waals surface area contributed by atoms with Crippen LogP contribution >= 0.6 is 0 Å². The molecule has 0 radical (unpaired) electrons. The number of fused-ring (bicyclic) bond motifs is 1. The second kappa shape index (κ2) is 4.73. The molecule has 0 aliphatic heterocycles. The normalized spacial score (nSPS) is 10.6. The molecule has 0 spiro atoms. The zero-order chi connectivity index (χ0) is 13.3. The third-order valence-electron chi connectivity index (χ3n) is 3.60. The number of hydrogen-bond acceptors (Lipinski definition) is 2. The molecule has 1 aromatic heterocycles. The lowest BCUT2D eigenvalue weighted by Crippen LogP contribution is -1.93. The molecule has 2 rings (SSSR count). The second-order valence-electron chi connectivity index (χ2n) is 4.62. The van der Waals surface area contributed by atoms with E-state index in [0.717, 1.165) is 12.2 Å². The predicted molar refractivity (Wildman–Crippen MR) is 72.9 cm³/mol. The maximum atomic E-state index is 8.77. The van der Waals surface area contributed by atoms with Crippen LogP contribution in [0.4, 0.5) is 0 Å². The Labute approximate surface area is 108 Å². The van der Waals surface area contributed by atoms with E-state index in [4.69, 9.17) is 10.00 Å². The number of nitriles is 1. The van der Waals surface area contributed by atoms with Crippen LogP contribution in [0.15, 0.2) is 12.1 Å². The van der Waals surface area contributed by atoms with Crippen molar-refractivity contribution in [2.24, 2.45) is 7.05 Å². The molecule has 0 saturated heterocycles. The molecule has 0 aliphatic carbocycles. The summed E-state index contributed by atoms with van der Waals surface area (Å²) in [7, 11) is 3.76. The van der Waals surface area contributed by atoms with E-state index < -0.39 is 0 Å². The van der Waals surface area contributed by atoms with Crippen molar-refractivity contribution in [1.29, 1.82) is 5.26 Å². The average Bonchev–Trinajstić information content (AvgIpc) is 2.60. The van der Waals surface area contributed by atoms with Gasteiger partial charge in [0.1, 0.15) is 5.75 Å². The van der Waals surface area contributed by atoms with Gasteiger partial charge < -0.3 is 9.30 Å². The van der Waals surface area contributed by atoms with Gasteiger partial charge in [0.15, 0.2) is 0 Å². The number of methoxy groups -OCH3 is 1. The monoisotopic (exact) mass is 242 g/mol. The van der Waals surface area contributed by atoms with Gasteiger partial charge in [-0.1, -0.05) is 0 Å². The molecule has 94 valence electrons. The first kappa shape index (κ1) is 12.5. The number of ether oxygens (including phenoxy) is 1. The third-order valence-corrected chi connectivity index (χ3v) is 3.60.